The van der Waals surface area contributed by atoms with Crippen LogP contribution in [0.25, 0.3) is 0 Å². The molecule has 1 unspecified atom stereocenters. The van der Waals surface area contributed by atoms with Crippen molar-refractivity contribution >= 4 is 24.2 Å². The van der Waals surface area contributed by atoms with Gasteiger partial charge in [0.15, 0.2) is 0 Å². The molecule has 0 bridgehead atoms. The molecule has 22 heavy (non-hydrogen) atoms. The Morgan fingerprint density at radius 2 is 2.09 bits per heavy atom. The van der Waals surface area contributed by atoms with E-state index in [-0.39, 0.29) is 18.5 Å². The normalized spacial score (nSPS) is 15.8. The summed E-state index contributed by atoms with van der Waals surface area (Å²) in [5, 5.41) is 3.41. The largest absolute Gasteiger partial charge is 0.414 e. The van der Waals surface area contributed by atoms with E-state index in [9.17, 15) is 4.79 Å². The number of benzene rings is 1. The number of hydrogen-bond acceptors (Lipinski definition) is 4. The molecule has 124 valence electrons. The highest BCUT2D eigenvalue weighted by atomic mass is 35.5. The first-order chi connectivity index (χ1) is 10.0. The fourth-order valence-electron chi connectivity index (χ4n) is 2.43. The number of amides is 1. The topological polar surface area (TPSA) is 44.8 Å². The van der Waals surface area contributed by atoms with Crippen LogP contribution in [0, 0.1) is 0 Å². The molecule has 1 N–H and O–H groups in total. The van der Waals surface area contributed by atoms with Gasteiger partial charge in [-0.3, -0.25) is 0 Å². The number of anilines is 1. The Hall–Kier alpha value is -1.46. The zero-order valence-electron chi connectivity index (χ0n) is 13.8. The number of carbonyl (C=O) groups is 1. The van der Waals surface area contributed by atoms with E-state index in [1.54, 1.807) is 11.9 Å². The van der Waals surface area contributed by atoms with E-state index in [4.69, 9.17) is 4.74 Å². The molecule has 1 amide bonds. The van der Waals surface area contributed by atoms with Crippen molar-refractivity contribution in [3.63, 3.8) is 0 Å². The van der Waals surface area contributed by atoms with Gasteiger partial charge in [0.05, 0.1) is 0 Å². The summed E-state index contributed by atoms with van der Waals surface area (Å²) in [7, 11) is 5.91. The molecule has 0 fully saturated rings. The third-order valence-electron chi connectivity index (χ3n) is 3.92. The third-order valence-corrected chi connectivity index (χ3v) is 3.92. The number of halogens is 1. The van der Waals surface area contributed by atoms with Crippen LogP contribution in [0.3, 0.4) is 0 Å². The van der Waals surface area contributed by atoms with Gasteiger partial charge in [-0.2, -0.15) is 0 Å². The fraction of sp³-hybridized carbons (Fsp3) is 0.562. The van der Waals surface area contributed by atoms with Crippen LogP contribution in [-0.2, 0) is 0 Å². The highest BCUT2D eigenvalue weighted by molar-refractivity contribution is 5.85. The molecule has 0 spiro atoms. The number of fused-ring (bicyclic) bond motifs is 1. The Balaban J connectivity index is 0.00000242. The predicted molar refractivity (Wildman–Crippen MR) is 92.4 cm³/mol. The van der Waals surface area contributed by atoms with Crippen LogP contribution < -0.4 is 10.1 Å². The minimum Gasteiger partial charge on any atom is -0.410 e. The fourth-order valence-corrected chi connectivity index (χ4v) is 2.43. The van der Waals surface area contributed by atoms with Gasteiger partial charge < -0.3 is 19.9 Å². The summed E-state index contributed by atoms with van der Waals surface area (Å²) in [4.78, 5) is 15.5. The zero-order chi connectivity index (χ0) is 15.4. The highest BCUT2D eigenvalue weighted by Crippen LogP contribution is 2.36. The van der Waals surface area contributed by atoms with Gasteiger partial charge in [0.2, 0.25) is 0 Å². The minimum atomic E-state index is -0.320. The van der Waals surface area contributed by atoms with Gasteiger partial charge in [-0.05, 0) is 45.6 Å². The van der Waals surface area contributed by atoms with Gasteiger partial charge in [-0.15, -0.1) is 12.4 Å². The number of hydrogen-bond donors (Lipinski definition) is 1. The van der Waals surface area contributed by atoms with Crippen molar-refractivity contribution in [1.29, 1.82) is 0 Å². The predicted octanol–water partition coefficient (Wildman–Crippen LogP) is 3.02. The summed E-state index contributed by atoms with van der Waals surface area (Å²) in [6.45, 7) is 4.58. The molecule has 5 nitrogen and oxygen atoms in total. The van der Waals surface area contributed by atoms with Crippen molar-refractivity contribution in [2.24, 2.45) is 0 Å². The SMILES string of the molecule is CCN(C)C(=O)Oc1ccc2c(c1)NCC2CCN(C)C.Cl. The van der Waals surface area contributed by atoms with E-state index in [0.29, 0.717) is 18.2 Å². The molecule has 1 aliphatic heterocycles. The maximum atomic E-state index is 11.8. The van der Waals surface area contributed by atoms with Gasteiger partial charge in [0, 0.05) is 37.8 Å². The number of nitrogens with zero attached hydrogens (tertiary/aromatic N) is 2. The molecule has 0 aliphatic carbocycles. The summed E-state index contributed by atoms with van der Waals surface area (Å²) in [6.07, 6.45) is 0.810. The van der Waals surface area contributed by atoms with Crippen LogP contribution in [0.5, 0.6) is 5.75 Å². The molecule has 1 aliphatic rings. The summed E-state index contributed by atoms with van der Waals surface area (Å²) in [6, 6.07) is 5.88. The second-order valence-electron chi connectivity index (χ2n) is 5.80. The van der Waals surface area contributed by atoms with Crippen LogP contribution >= 0.6 is 12.4 Å². The van der Waals surface area contributed by atoms with Crippen molar-refractivity contribution in [1.82, 2.24) is 9.80 Å². The van der Waals surface area contributed by atoms with Gasteiger partial charge in [0.1, 0.15) is 5.75 Å². The van der Waals surface area contributed by atoms with Gasteiger partial charge in [-0.25, -0.2) is 4.79 Å². The first kappa shape index (κ1) is 18.6. The van der Waals surface area contributed by atoms with Crippen molar-refractivity contribution in [3.05, 3.63) is 23.8 Å². The molecule has 0 radical (unpaired) electrons. The summed E-state index contributed by atoms with van der Waals surface area (Å²) < 4.78 is 5.36. The van der Waals surface area contributed by atoms with Crippen LogP contribution in [0.4, 0.5) is 10.5 Å². The second kappa shape index (κ2) is 8.25. The van der Waals surface area contributed by atoms with Crippen LogP contribution in [0.1, 0.15) is 24.8 Å². The van der Waals surface area contributed by atoms with E-state index in [1.165, 1.54) is 5.56 Å². The molecule has 0 aromatic heterocycles. The Kier molecular flexibility index (Phi) is 6.97. The summed E-state index contributed by atoms with van der Waals surface area (Å²) in [5.41, 5.74) is 2.41. The first-order valence-electron chi connectivity index (χ1n) is 7.46. The number of rotatable bonds is 5. The lowest BCUT2D eigenvalue weighted by Gasteiger charge is -2.16. The molecular weight excluding hydrogens is 302 g/mol. The number of carbonyl (C=O) groups excluding carboxylic acids is 1. The van der Waals surface area contributed by atoms with Crippen molar-refractivity contribution in [2.45, 2.75) is 19.3 Å². The summed E-state index contributed by atoms with van der Waals surface area (Å²) >= 11 is 0. The van der Waals surface area contributed by atoms with Gasteiger partial charge >= 0.3 is 6.09 Å². The molecule has 2 rings (SSSR count). The van der Waals surface area contributed by atoms with E-state index in [1.807, 2.05) is 19.1 Å². The zero-order valence-corrected chi connectivity index (χ0v) is 14.6. The Morgan fingerprint density at radius 1 is 1.36 bits per heavy atom. The van der Waals surface area contributed by atoms with Gasteiger partial charge in [0.25, 0.3) is 0 Å². The average molecular weight is 328 g/mol. The lowest BCUT2D eigenvalue weighted by Crippen LogP contribution is -2.29. The monoisotopic (exact) mass is 327 g/mol. The molecule has 1 atom stereocenters. The minimum absolute atomic E-state index is 0. The average Bonchev–Trinajstić information content (AvgIpc) is 2.86. The summed E-state index contributed by atoms with van der Waals surface area (Å²) in [5.74, 6) is 1.13. The van der Waals surface area contributed by atoms with E-state index in [0.717, 1.165) is 25.2 Å². The molecule has 0 saturated carbocycles. The molecule has 1 aromatic carbocycles. The van der Waals surface area contributed by atoms with E-state index >= 15 is 0 Å². The standard InChI is InChI=1S/C16H25N3O2.ClH/c1-5-19(4)16(20)21-13-6-7-14-12(8-9-18(2)3)11-17-15(14)10-13;/h6-7,10,12,17H,5,8-9,11H2,1-4H3;1H. The maximum absolute atomic E-state index is 11.8. The van der Waals surface area contributed by atoms with Crippen molar-refractivity contribution in [3.8, 4) is 5.75 Å². The van der Waals surface area contributed by atoms with Crippen molar-refractivity contribution in [2.75, 3.05) is 46.1 Å². The second-order valence-corrected chi connectivity index (χ2v) is 5.80. The van der Waals surface area contributed by atoms with Crippen molar-refractivity contribution < 1.29 is 9.53 Å². The molecule has 6 heteroatoms. The van der Waals surface area contributed by atoms with Crippen LogP contribution in [-0.4, -0.2) is 56.7 Å². The van der Waals surface area contributed by atoms with Gasteiger partial charge in [-0.1, -0.05) is 6.07 Å². The lowest BCUT2D eigenvalue weighted by atomic mass is 9.97. The van der Waals surface area contributed by atoms with Crippen LogP contribution in [0.15, 0.2) is 18.2 Å². The first-order valence-corrected chi connectivity index (χ1v) is 7.46. The Bertz CT molecular complexity index is 508. The van der Waals surface area contributed by atoms with E-state index in [2.05, 4.69) is 30.4 Å². The highest BCUT2D eigenvalue weighted by Gasteiger charge is 2.23. The number of nitrogens with one attached hydrogen (secondary N) is 1. The number of ether oxygens (including phenoxy) is 1. The third kappa shape index (κ3) is 4.52. The lowest BCUT2D eigenvalue weighted by molar-refractivity contribution is 0.165. The van der Waals surface area contributed by atoms with Crippen LogP contribution in [0.2, 0.25) is 0 Å². The smallest absolute Gasteiger partial charge is 0.410 e. The Labute approximate surface area is 139 Å². The Morgan fingerprint density at radius 3 is 2.73 bits per heavy atom. The molecular formula is C16H26ClN3O2. The van der Waals surface area contributed by atoms with E-state index < -0.39 is 0 Å². The molecule has 0 saturated heterocycles. The molecule has 1 aromatic rings. The quantitative estimate of drug-likeness (QED) is 0.903. The molecule has 1 heterocycles. The maximum Gasteiger partial charge on any atom is 0.414 e.